The molecule has 0 aliphatic rings. The monoisotopic (exact) mass is 203 g/mol. The summed E-state index contributed by atoms with van der Waals surface area (Å²) in [6.45, 7) is 10.0. The van der Waals surface area contributed by atoms with Crippen molar-refractivity contribution in [2.45, 2.75) is 46.4 Å². The molecule has 0 amide bonds. The standard InChI is InChI=1S/C8H14ClN.C3H8/c1-6(8(3)10)4-5-7(2)9;1-3-2/h4-5,7H,10H2,1-3H3;3H2,1-2H3/b5-4-,8-6+;. The molecule has 1 nitrogen and oxygen atoms in total. The van der Waals surface area contributed by atoms with Crippen molar-refractivity contribution in [3.63, 3.8) is 0 Å². The quantitative estimate of drug-likeness (QED) is 0.536. The van der Waals surface area contributed by atoms with E-state index in [0.29, 0.717) is 0 Å². The topological polar surface area (TPSA) is 26.0 Å². The van der Waals surface area contributed by atoms with Crippen molar-refractivity contribution in [3.8, 4) is 0 Å². The van der Waals surface area contributed by atoms with E-state index in [1.807, 2.05) is 32.9 Å². The predicted molar refractivity (Wildman–Crippen MR) is 63.0 cm³/mol. The lowest BCUT2D eigenvalue weighted by molar-refractivity contribution is 1.09. The van der Waals surface area contributed by atoms with Gasteiger partial charge in [-0.25, -0.2) is 0 Å². The van der Waals surface area contributed by atoms with Crippen LogP contribution in [0.1, 0.15) is 41.0 Å². The zero-order valence-electron chi connectivity index (χ0n) is 9.39. The fraction of sp³-hybridized carbons (Fsp3) is 0.636. The lowest BCUT2D eigenvalue weighted by Gasteiger charge is -1.95. The number of hydrogen-bond acceptors (Lipinski definition) is 1. The van der Waals surface area contributed by atoms with Crippen LogP contribution in [0.15, 0.2) is 23.4 Å². The van der Waals surface area contributed by atoms with E-state index in [0.717, 1.165) is 11.3 Å². The molecule has 0 aromatic rings. The molecule has 0 heterocycles. The first-order valence-corrected chi connectivity index (χ1v) is 5.14. The van der Waals surface area contributed by atoms with Crippen LogP contribution in [0.5, 0.6) is 0 Å². The van der Waals surface area contributed by atoms with Crippen molar-refractivity contribution in [1.82, 2.24) is 0 Å². The molecule has 0 fully saturated rings. The summed E-state index contributed by atoms with van der Waals surface area (Å²) in [7, 11) is 0. The summed E-state index contributed by atoms with van der Waals surface area (Å²) in [5.74, 6) is 0. The van der Waals surface area contributed by atoms with Crippen LogP contribution in [-0.2, 0) is 0 Å². The lowest BCUT2D eigenvalue weighted by Crippen LogP contribution is -1.93. The van der Waals surface area contributed by atoms with Crippen LogP contribution >= 0.6 is 11.6 Å². The molecular weight excluding hydrogens is 182 g/mol. The highest BCUT2D eigenvalue weighted by Crippen LogP contribution is 2.02. The van der Waals surface area contributed by atoms with Gasteiger partial charge in [0.05, 0.1) is 0 Å². The van der Waals surface area contributed by atoms with E-state index in [4.69, 9.17) is 17.3 Å². The number of allylic oxidation sites excluding steroid dienone is 4. The van der Waals surface area contributed by atoms with Gasteiger partial charge in [0, 0.05) is 11.1 Å². The fourth-order valence-electron chi connectivity index (χ4n) is 0.408. The predicted octanol–water partition coefficient (Wildman–Crippen LogP) is 3.84. The minimum atomic E-state index is 0.0781. The van der Waals surface area contributed by atoms with Crippen molar-refractivity contribution < 1.29 is 0 Å². The molecule has 0 aliphatic heterocycles. The van der Waals surface area contributed by atoms with Gasteiger partial charge in [0.15, 0.2) is 0 Å². The molecule has 0 aromatic heterocycles. The van der Waals surface area contributed by atoms with Gasteiger partial charge >= 0.3 is 0 Å². The summed E-state index contributed by atoms with van der Waals surface area (Å²) in [4.78, 5) is 0. The van der Waals surface area contributed by atoms with Crippen molar-refractivity contribution in [2.24, 2.45) is 5.73 Å². The molecule has 1 atom stereocenters. The normalized spacial score (nSPS) is 14.6. The van der Waals surface area contributed by atoms with Crippen LogP contribution in [0.3, 0.4) is 0 Å². The van der Waals surface area contributed by atoms with E-state index in [1.165, 1.54) is 6.42 Å². The summed E-state index contributed by atoms with van der Waals surface area (Å²) in [5.41, 5.74) is 7.43. The number of hydrogen-bond donors (Lipinski definition) is 1. The lowest BCUT2D eigenvalue weighted by atomic mass is 10.2. The number of halogens is 1. The van der Waals surface area contributed by atoms with Crippen molar-refractivity contribution >= 4 is 11.6 Å². The minimum Gasteiger partial charge on any atom is -0.402 e. The molecular formula is C11H22ClN. The molecule has 0 aromatic carbocycles. The largest absolute Gasteiger partial charge is 0.402 e. The van der Waals surface area contributed by atoms with Crippen LogP contribution in [0, 0.1) is 0 Å². The summed E-state index contributed by atoms with van der Waals surface area (Å²) in [5, 5.41) is 0.0781. The number of nitrogens with two attached hydrogens (primary N) is 1. The Labute approximate surface area is 87.7 Å². The van der Waals surface area contributed by atoms with Gasteiger partial charge in [0.25, 0.3) is 0 Å². The molecule has 0 aliphatic carbocycles. The third-order valence-corrected chi connectivity index (χ3v) is 1.38. The highest BCUT2D eigenvalue weighted by molar-refractivity contribution is 6.21. The Balaban J connectivity index is 0. The van der Waals surface area contributed by atoms with Gasteiger partial charge < -0.3 is 5.73 Å². The second-order valence-electron chi connectivity index (χ2n) is 3.11. The zero-order valence-corrected chi connectivity index (χ0v) is 10.2. The maximum absolute atomic E-state index is 5.68. The molecule has 0 spiro atoms. The van der Waals surface area contributed by atoms with Crippen LogP contribution in [0.2, 0.25) is 0 Å². The number of rotatable bonds is 2. The third-order valence-electron chi connectivity index (χ3n) is 1.23. The Hall–Kier alpha value is -0.430. The van der Waals surface area contributed by atoms with Gasteiger partial charge in [-0.2, -0.15) is 0 Å². The summed E-state index contributed by atoms with van der Waals surface area (Å²) in [6, 6.07) is 0. The maximum Gasteiger partial charge on any atom is 0.0490 e. The van der Waals surface area contributed by atoms with Gasteiger partial charge in [0.1, 0.15) is 0 Å². The molecule has 2 heteroatoms. The summed E-state index contributed by atoms with van der Waals surface area (Å²) < 4.78 is 0. The molecule has 1 unspecified atom stereocenters. The minimum absolute atomic E-state index is 0.0781. The van der Waals surface area contributed by atoms with Crippen molar-refractivity contribution in [2.75, 3.05) is 0 Å². The Morgan fingerprint density at radius 1 is 1.38 bits per heavy atom. The van der Waals surface area contributed by atoms with Crippen LogP contribution < -0.4 is 5.73 Å². The molecule has 0 rings (SSSR count). The smallest absolute Gasteiger partial charge is 0.0490 e. The highest BCUT2D eigenvalue weighted by Gasteiger charge is 1.88. The van der Waals surface area contributed by atoms with Gasteiger partial charge in [0.2, 0.25) is 0 Å². The second kappa shape index (κ2) is 9.66. The van der Waals surface area contributed by atoms with E-state index in [9.17, 15) is 0 Å². The molecule has 2 N–H and O–H groups in total. The van der Waals surface area contributed by atoms with E-state index in [-0.39, 0.29) is 5.38 Å². The zero-order chi connectivity index (χ0) is 10.9. The van der Waals surface area contributed by atoms with Gasteiger partial charge in [-0.05, 0) is 26.3 Å². The van der Waals surface area contributed by atoms with Crippen LogP contribution in [-0.4, -0.2) is 5.38 Å². The Kier molecular flexibility index (Phi) is 11.2. The van der Waals surface area contributed by atoms with Crippen LogP contribution in [0.4, 0.5) is 0 Å². The van der Waals surface area contributed by atoms with Crippen LogP contribution in [0.25, 0.3) is 0 Å². The van der Waals surface area contributed by atoms with Gasteiger partial charge in [-0.1, -0.05) is 32.4 Å². The summed E-state index contributed by atoms with van der Waals surface area (Å²) in [6.07, 6.45) is 5.10. The van der Waals surface area contributed by atoms with Crippen molar-refractivity contribution in [3.05, 3.63) is 23.4 Å². The van der Waals surface area contributed by atoms with E-state index >= 15 is 0 Å². The molecule has 0 radical (unpaired) electrons. The Morgan fingerprint density at radius 3 is 2.00 bits per heavy atom. The SMILES string of the molecule is C/C(N)=C(C)\C=C/C(C)Cl.CCC. The first-order valence-electron chi connectivity index (χ1n) is 4.70. The van der Waals surface area contributed by atoms with E-state index in [2.05, 4.69) is 13.8 Å². The maximum atomic E-state index is 5.68. The molecule has 78 valence electrons. The van der Waals surface area contributed by atoms with E-state index in [1.54, 1.807) is 0 Å². The average molecular weight is 204 g/mol. The Bertz CT molecular complexity index is 165. The fourth-order valence-corrected chi connectivity index (χ4v) is 0.481. The second-order valence-corrected chi connectivity index (χ2v) is 3.80. The van der Waals surface area contributed by atoms with E-state index < -0.39 is 0 Å². The summed E-state index contributed by atoms with van der Waals surface area (Å²) >= 11 is 5.68. The highest BCUT2D eigenvalue weighted by atomic mass is 35.5. The first kappa shape index (κ1) is 15.1. The Morgan fingerprint density at radius 2 is 1.77 bits per heavy atom. The van der Waals surface area contributed by atoms with Crippen molar-refractivity contribution in [1.29, 1.82) is 0 Å². The first-order chi connectivity index (χ1) is 5.95. The average Bonchev–Trinajstić information content (AvgIpc) is 2.01. The van der Waals surface area contributed by atoms with Gasteiger partial charge in [-0.15, -0.1) is 11.6 Å². The molecule has 13 heavy (non-hydrogen) atoms. The number of alkyl halides is 1. The third kappa shape index (κ3) is 14.4. The molecule has 0 bridgehead atoms. The molecule has 0 saturated heterocycles. The molecule has 0 saturated carbocycles. The van der Waals surface area contributed by atoms with Gasteiger partial charge in [-0.3, -0.25) is 0 Å².